The molecule has 0 bridgehead atoms. The Kier molecular flexibility index (Phi) is 2.39. The summed E-state index contributed by atoms with van der Waals surface area (Å²) in [7, 11) is 0. The zero-order valence-electron chi connectivity index (χ0n) is 10.7. The molecule has 1 aliphatic heterocycles. The molecule has 0 aromatic heterocycles. The van der Waals surface area contributed by atoms with Crippen molar-refractivity contribution in [1.29, 1.82) is 0 Å². The van der Waals surface area contributed by atoms with Crippen LogP contribution in [0.25, 0.3) is 0 Å². The van der Waals surface area contributed by atoms with Crippen molar-refractivity contribution in [2.45, 2.75) is 57.3 Å². The predicted molar refractivity (Wildman–Crippen MR) is 61.5 cm³/mol. The molecule has 1 saturated heterocycles. The molecule has 0 aromatic rings. The topological polar surface area (TPSA) is 63.6 Å². The first-order valence-electron chi connectivity index (χ1n) is 5.82. The molecule has 17 heavy (non-hydrogen) atoms. The average Bonchev–Trinajstić information content (AvgIpc) is 2.20. The Hall–Kier alpha value is -1.00. The molecule has 1 fully saturated rings. The third-order valence-electron chi connectivity index (χ3n) is 3.91. The van der Waals surface area contributed by atoms with E-state index in [1.165, 1.54) is 13.0 Å². The average molecular weight is 238 g/mol. The van der Waals surface area contributed by atoms with E-state index < -0.39 is 22.6 Å². The molecular weight excluding hydrogens is 220 g/mol. The van der Waals surface area contributed by atoms with Crippen molar-refractivity contribution in [3.8, 4) is 0 Å². The van der Waals surface area contributed by atoms with Gasteiger partial charge in [-0.25, -0.2) is 0 Å². The number of Topliss-reactive ketones (excluding diaryl/α,β-unsaturated/α-hetero) is 1. The summed E-state index contributed by atoms with van der Waals surface area (Å²) < 4.78 is 5.73. The highest BCUT2D eigenvalue weighted by Crippen LogP contribution is 2.46. The minimum Gasteiger partial charge on any atom is -0.378 e. The van der Waals surface area contributed by atoms with Crippen molar-refractivity contribution in [2.75, 3.05) is 0 Å². The standard InChI is InChI=1S/C13H18O4/c1-8-7-9(14)12(4)13(16,10(8)15)6-5-11(2,3)17-12/h7,16H,5-6H2,1-4H3. The highest BCUT2D eigenvalue weighted by molar-refractivity contribution is 6.17. The van der Waals surface area contributed by atoms with Crippen molar-refractivity contribution >= 4 is 11.6 Å². The Bertz CT molecular complexity index is 435. The Morgan fingerprint density at radius 3 is 2.41 bits per heavy atom. The molecule has 94 valence electrons. The van der Waals surface area contributed by atoms with Gasteiger partial charge in [0.1, 0.15) is 0 Å². The number of carbonyl (C=O) groups is 2. The van der Waals surface area contributed by atoms with E-state index in [0.717, 1.165) is 0 Å². The lowest BCUT2D eigenvalue weighted by Gasteiger charge is -2.52. The van der Waals surface area contributed by atoms with E-state index >= 15 is 0 Å². The fourth-order valence-corrected chi connectivity index (χ4v) is 2.72. The van der Waals surface area contributed by atoms with Crippen LogP contribution in [-0.2, 0) is 14.3 Å². The van der Waals surface area contributed by atoms with Gasteiger partial charge < -0.3 is 9.84 Å². The van der Waals surface area contributed by atoms with Crippen molar-refractivity contribution in [3.63, 3.8) is 0 Å². The lowest BCUT2D eigenvalue weighted by atomic mass is 9.66. The van der Waals surface area contributed by atoms with E-state index in [9.17, 15) is 14.7 Å². The zero-order chi connectivity index (χ0) is 13.1. The molecule has 1 aliphatic carbocycles. The van der Waals surface area contributed by atoms with Crippen LogP contribution >= 0.6 is 0 Å². The molecular formula is C13H18O4. The van der Waals surface area contributed by atoms with Crippen LogP contribution in [0.5, 0.6) is 0 Å². The van der Waals surface area contributed by atoms with Crippen molar-refractivity contribution in [1.82, 2.24) is 0 Å². The first-order valence-corrected chi connectivity index (χ1v) is 5.82. The second kappa shape index (κ2) is 3.27. The molecule has 0 aromatic carbocycles. The van der Waals surface area contributed by atoms with E-state index in [1.807, 2.05) is 13.8 Å². The van der Waals surface area contributed by atoms with E-state index in [4.69, 9.17) is 4.74 Å². The number of rotatable bonds is 0. The number of carbonyl (C=O) groups excluding carboxylic acids is 2. The Morgan fingerprint density at radius 1 is 1.24 bits per heavy atom. The van der Waals surface area contributed by atoms with E-state index in [2.05, 4.69) is 0 Å². The van der Waals surface area contributed by atoms with Gasteiger partial charge in [-0.3, -0.25) is 9.59 Å². The zero-order valence-corrected chi connectivity index (χ0v) is 10.7. The quantitative estimate of drug-likeness (QED) is 0.688. The van der Waals surface area contributed by atoms with Crippen LogP contribution in [0.1, 0.15) is 40.5 Å². The monoisotopic (exact) mass is 238 g/mol. The molecule has 0 saturated carbocycles. The maximum atomic E-state index is 12.1. The van der Waals surface area contributed by atoms with E-state index in [1.54, 1.807) is 6.92 Å². The minimum atomic E-state index is -1.71. The summed E-state index contributed by atoms with van der Waals surface area (Å²) in [5.41, 5.74) is -3.36. The second-order valence-electron chi connectivity index (χ2n) is 5.78. The minimum absolute atomic E-state index is 0.256. The predicted octanol–water partition coefficient (Wildman–Crippen LogP) is 1.16. The van der Waals surface area contributed by atoms with Crippen LogP contribution in [0.15, 0.2) is 11.6 Å². The smallest absolute Gasteiger partial charge is 0.193 e. The highest BCUT2D eigenvalue weighted by Gasteiger charge is 2.63. The lowest BCUT2D eigenvalue weighted by Crippen LogP contribution is -2.70. The van der Waals surface area contributed by atoms with Gasteiger partial charge in [-0.05, 0) is 52.2 Å². The van der Waals surface area contributed by atoms with Gasteiger partial charge in [0, 0.05) is 0 Å². The molecule has 1 N–H and O–H groups in total. The van der Waals surface area contributed by atoms with Crippen molar-refractivity contribution in [2.24, 2.45) is 0 Å². The second-order valence-corrected chi connectivity index (χ2v) is 5.78. The SMILES string of the molecule is CC1=CC(=O)C2(C)OC(C)(C)CCC2(O)C1=O. The fraction of sp³-hybridized carbons (Fsp3) is 0.692. The Balaban J connectivity index is 2.56. The van der Waals surface area contributed by atoms with Crippen molar-refractivity contribution in [3.05, 3.63) is 11.6 Å². The normalized spacial score (nSPS) is 40.9. The summed E-state index contributed by atoms with van der Waals surface area (Å²) >= 11 is 0. The molecule has 0 spiro atoms. The summed E-state index contributed by atoms with van der Waals surface area (Å²) in [6.07, 6.45) is 2.08. The third kappa shape index (κ3) is 1.51. The van der Waals surface area contributed by atoms with E-state index in [-0.39, 0.29) is 12.2 Å². The number of aliphatic hydroxyl groups is 1. The van der Waals surface area contributed by atoms with E-state index in [0.29, 0.717) is 12.0 Å². The largest absolute Gasteiger partial charge is 0.378 e. The number of ether oxygens (including phenoxy) is 1. The van der Waals surface area contributed by atoms with Gasteiger partial charge in [-0.1, -0.05) is 0 Å². The molecule has 2 unspecified atom stereocenters. The first-order chi connectivity index (χ1) is 7.62. The number of fused-ring (bicyclic) bond motifs is 1. The fourth-order valence-electron chi connectivity index (χ4n) is 2.72. The molecule has 2 rings (SSSR count). The Morgan fingerprint density at radius 2 is 1.82 bits per heavy atom. The number of hydrogen-bond acceptors (Lipinski definition) is 4. The van der Waals surface area contributed by atoms with Crippen LogP contribution in [0.2, 0.25) is 0 Å². The van der Waals surface area contributed by atoms with Crippen LogP contribution < -0.4 is 0 Å². The van der Waals surface area contributed by atoms with Crippen LogP contribution in [-0.4, -0.2) is 33.5 Å². The maximum Gasteiger partial charge on any atom is 0.193 e. The number of ketones is 2. The molecule has 0 amide bonds. The van der Waals surface area contributed by atoms with Crippen molar-refractivity contribution < 1.29 is 19.4 Å². The summed E-state index contributed by atoms with van der Waals surface area (Å²) in [6.45, 7) is 6.79. The van der Waals surface area contributed by atoms with Gasteiger partial charge in [0.05, 0.1) is 5.60 Å². The maximum absolute atomic E-state index is 12.1. The van der Waals surface area contributed by atoms with Gasteiger partial charge in [0.2, 0.25) is 0 Å². The van der Waals surface area contributed by atoms with Gasteiger partial charge in [0.25, 0.3) is 0 Å². The third-order valence-corrected chi connectivity index (χ3v) is 3.91. The Labute approximate surface area is 101 Å². The molecule has 0 radical (unpaired) electrons. The molecule has 4 nitrogen and oxygen atoms in total. The highest BCUT2D eigenvalue weighted by atomic mass is 16.5. The first kappa shape index (κ1) is 12.5. The van der Waals surface area contributed by atoms with Gasteiger partial charge in [-0.2, -0.15) is 0 Å². The molecule has 2 atom stereocenters. The molecule has 2 aliphatic rings. The number of hydrogen-bond donors (Lipinski definition) is 1. The molecule has 4 heteroatoms. The summed E-state index contributed by atoms with van der Waals surface area (Å²) in [4.78, 5) is 24.2. The molecule has 1 heterocycles. The van der Waals surface area contributed by atoms with Crippen LogP contribution in [0, 0.1) is 0 Å². The van der Waals surface area contributed by atoms with Crippen LogP contribution in [0.3, 0.4) is 0 Å². The van der Waals surface area contributed by atoms with Crippen LogP contribution in [0.4, 0.5) is 0 Å². The summed E-state index contributed by atoms with van der Waals surface area (Å²) in [5, 5.41) is 10.6. The lowest BCUT2D eigenvalue weighted by molar-refractivity contribution is -0.243. The summed E-state index contributed by atoms with van der Waals surface area (Å²) in [6, 6.07) is 0. The van der Waals surface area contributed by atoms with Gasteiger partial charge in [0.15, 0.2) is 22.8 Å². The van der Waals surface area contributed by atoms with Gasteiger partial charge >= 0.3 is 0 Å². The summed E-state index contributed by atoms with van der Waals surface area (Å²) in [5.74, 6) is -0.722. The van der Waals surface area contributed by atoms with Gasteiger partial charge in [-0.15, -0.1) is 0 Å².